The van der Waals surface area contributed by atoms with Gasteiger partial charge in [-0.15, -0.1) is 11.3 Å². The van der Waals surface area contributed by atoms with Crippen molar-refractivity contribution in [3.8, 4) is 0 Å². The van der Waals surface area contributed by atoms with E-state index < -0.39 is 11.4 Å². The fourth-order valence-corrected chi connectivity index (χ4v) is 3.32. The summed E-state index contributed by atoms with van der Waals surface area (Å²) in [5, 5.41) is 9.22. The lowest BCUT2D eigenvalue weighted by Gasteiger charge is -2.23. The zero-order chi connectivity index (χ0) is 11.5. The molecule has 1 aromatic heterocycles. The molecule has 0 aromatic carbocycles. The predicted octanol–water partition coefficient (Wildman–Crippen LogP) is 3.94. The zero-order valence-corrected chi connectivity index (χ0v) is 11.3. The number of carboxylic acid groups (broad SMARTS) is 1. The summed E-state index contributed by atoms with van der Waals surface area (Å²) in [7, 11) is 0. The molecule has 1 atom stereocenters. The highest BCUT2D eigenvalue weighted by molar-refractivity contribution is 9.11. The minimum atomic E-state index is -0.700. The number of halogens is 1. The molecule has 4 heteroatoms. The molecule has 1 N–H and O–H groups in total. The van der Waals surface area contributed by atoms with E-state index in [-0.39, 0.29) is 0 Å². The molecule has 0 amide bonds. The first kappa shape index (κ1) is 12.7. The van der Waals surface area contributed by atoms with Gasteiger partial charge in [0, 0.05) is 4.88 Å². The number of thiophene rings is 1. The first-order valence-electron chi connectivity index (χ1n) is 4.95. The Morgan fingerprint density at radius 1 is 1.60 bits per heavy atom. The highest BCUT2D eigenvalue weighted by Gasteiger charge is 2.32. The molecule has 84 valence electrons. The van der Waals surface area contributed by atoms with Crippen LogP contribution < -0.4 is 0 Å². The van der Waals surface area contributed by atoms with E-state index in [1.54, 1.807) is 11.3 Å². The van der Waals surface area contributed by atoms with Crippen LogP contribution in [-0.2, 0) is 11.2 Å². The highest BCUT2D eigenvalue weighted by Crippen LogP contribution is 2.32. The summed E-state index contributed by atoms with van der Waals surface area (Å²) in [6, 6.07) is 3.96. The van der Waals surface area contributed by atoms with E-state index in [9.17, 15) is 9.90 Å². The van der Waals surface area contributed by atoms with Crippen molar-refractivity contribution in [1.82, 2.24) is 0 Å². The van der Waals surface area contributed by atoms with E-state index in [4.69, 9.17) is 0 Å². The molecule has 0 aliphatic carbocycles. The molecule has 1 aromatic rings. The Bertz CT molecular complexity index is 348. The Hall–Kier alpha value is -0.350. The number of carbonyl (C=O) groups is 1. The maximum absolute atomic E-state index is 11.2. The molecule has 1 heterocycles. The standard InChI is InChI=1S/C11H15BrO2S/c1-3-6-11(2,10(13)14)7-8-4-5-9(12)15-8/h4-5H,3,6-7H2,1-2H3,(H,13,14). The third-order valence-electron chi connectivity index (χ3n) is 2.51. The molecule has 0 radical (unpaired) electrons. The summed E-state index contributed by atoms with van der Waals surface area (Å²) in [6.45, 7) is 3.85. The number of hydrogen-bond donors (Lipinski definition) is 1. The molecule has 0 bridgehead atoms. The molecule has 0 fully saturated rings. The maximum Gasteiger partial charge on any atom is 0.309 e. The van der Waals surface area contributed by atoms with Crippen molar-refractivity contribution in [2.24, 2.45) is 5.41 Å². The molecule has 1 rings (SSSR count). The quantitative estimate of drug-likeness (QED) is 0.892. The van der Waals surface area contributed by atoms with Crippen LogP contribution in [0, 0.1) is 5.41 Å². The molecule has 0 spiro atoms. The molecular formula is C11H15BrO2S. The Morgan fingerprint density at radius 3 is 2.67 bits per heavy atom. The van der Waals surface area contributed by atoms with E-state index >= 15 is 0 Å². The summed E-state index contributed by atoms with van der Waals surface area (Å²) in [5.41, 5.74) is -0.626. The van der Waals surface area contributed by atoms with Crippen LogP contribution in [0.3, 0.4) is 0 Å². The Balaban J connectivity index is 2.79. The van der Waals surface area contributed by atoms with Gasteiger partial charge in [0.15, 0.2) is 0 Å². The topological polar surface area (TPSA) is 37.3 Å². The van der Waals surface area contributed by atoms with Gasteiger partial charge in [-0.25, -0.2) is 0 Å². The predicted molar refractivity (Wildman–Crippen MR) is 66.4 cm³/mol. The SMILES string of the molecule is CCCC(C)(Cc1ccc(Br)s1)C(=O)O. The van der Waals surface area contributed by atoms with Crippen LogP contribution in [0.5, 0.6) is 0 Å². The van der Waals surface area contributed by atoms with Crippen LogP contribution in [0.15, 0.2) is 15.9 Å². The van der Waals surface area contributed by atoms with Crippen molar-refractivity contribution in [1.29, 1.82) is 0 Å². The monoisotopic (exact) mass is 290 g/mol. The average molecular weight is 291 g/mol. The number of carboxylic acids is 1. The fraction of sp³-hybridized carbons (Fsp3) is 0.545. The van der Waals surface area contributed by atoms with Gasteiger partial charge in [-0.05, 0) is 47.8 Å². The Morgan fingerprint density at radius 2 is 2.27 bits per heavy atom. The molecule has 1 unspecified atom stereocenters. The summed E-state index contributed by atoms with van der Waals surface area (Å²) >= 11 is 5.00. The van der Waals surface area contributed by atoms with E-state index in [0.717, 1.165) is 21.5 Å². The van der Waals surface area contributed by atoms with Gasteiger partial charge in [-0.2, -0.15) is 0 Å². The molecule has 2 nitrogen and oxygen atoms in total. The van der Waals surface area contributed by atoms with Crippen molar-refractivity contribution >= 4 is 33.2 Å². The first-order chi connectivity index (χ1) is 6.98. The van der Waals surface area contributed by atoms with Crippen LogP contribution in [0.1, 0.15) is 31.6 Å². The smallest absolute Gasteiger partial charge is 0.309 e. The van der Waals surface area contributed by atoms with E-state index in [1.807, 2.05) is 26.0 Å². The molecule has 0 saturated heterocycles. The lowest BCUT2D eigenvalue weighted by atomic mass is 9.82. The van der Waals surface area contributed by atoms with Gasteiger partial charge >= 0.3 is 5.97 Å². The van der Waals surface area contributed by atoms with Gasteiger partial charge in [0.25, 0.3) is 0 Å². The van der Waals surface area contributed by atoms with Crippen molar-refractivity contribution in [2.45, 2.75) is 33.1 Å². The molecule has 0 aliphatic rings. The Kier molecular flexibility index (Phi) is 4.34. The van der Waals surface area contributed by atoms with Crippen molar-refractivity contribution in [3.05, 3.63) is 20.8 Å². The minimum absolute atomic E-state index is 0.617. The van der Waals surface area contributed by atoms with Gasteiger partial charge in [0.05, 0.1) is 9.20 Å². The van der Waals surface area contributed by atoms with Crippen LogP contribution in [0.25, 0.3) is 0 Å². The van der Waals surface area contributed by atoms with Crippen molar-refractivity contribution < 1.29 is 9.90 Å². The lowest BCUT2D eigenvalue weighted by Crippen LogP contribution is -2.29. The largest absolute Gasteiger partial charge is 0.481 e. The summed E-state index contributed by atoms with van der Waals surface area (Å²) < 4.78 is 1.06. The molecule has 0 saturated carbocycles. The van der Waals surface area contributed by atoms with Gasteiger partial charge in [0.1, 0.15) is 0 Å². The van der Waals surface area contributed by atoms with Gasteiger partial charge in [0.2, 0.25) is 0 Å². The lowest BCUT2D eigenvalue weighted by molar-refractivity contribution is -0.148. The van der Waals surface area contributed by atoms with Crippen molar-refractivity contribution in [3.63, 3.8) is 0 Å². The van der Waals surface area contributed by atoms with E-state index in [1.165, 1.54) is 0 Å². The normalized spacial score (nSPS) is 14.9. The second-order valence-electron chi connectivity index (χ2n) is 4.00. The van der Waals surface area contributed by atoms with Gasteiger partial charge in [-0.3, -0.25) is 4.79 Å². The third kappa shape index (κ3) is 3.31. The maximum atomic E-state index is 11.2. The molecule has 0 aliphatic heterocycles. The number of hydrogen-bond acceptors (Lipinski definition) is 2. The fourth-order valence-electron chi connectivity index (χ4n) is 1.65. The number of rotatable bonds is 5. The minimum Gasteiger partial charge on any atom is -0.481 e. The van der Waals surface area contributed by atoms with Crippen LogP contribution in [0.2, 0.25) is 0 Å². The van der Waals surface area contributed by atoms with Gasteiger partial charge in [-0.1, -0.05) is 13.3 Å². The summed E-state index contributed by atoms with van der Waals surface area (Å²) in [4.78, 5) is 12.3. The van der Waals surface area contributed by atoms with E-state index in [0.29, 0.717) is 6.42 Å². The summed E-state index contributed by atoms with van der Waals surface area (Å²) in [5.74, 6) is -0.700. The van der Waals surface area contributed by atoms with Crippen LogP contribution in [-0.4, -0.2) is 11.1 Å². The Labute approximate surface area is 102 Å². The van der Waals surface area contributed by atoms with Crippen LogP contribution in [0.4, 0.5) is 0 Å². The molecular weight excluding hydrogens is 276 g/mol. The third-order valence-corrected chi connectivity index (χ3v) is 4.13. The highest BCUT2D eigenvalue weighted by atomic mass is 79.9. The van der Waals surface area contributed by atoms with Crippen LogP contribution >= 0.6 is 27.3 Å². The second kappa shape index (κ2) is 5.12. The van der Waals surface area contributed by atoms with Crippen molar-refractivity contribution in [2.75, 3.05) is 0 Å². The summed E-state index contributed by atoms with van der Waals surface area (Å²) in [6.07, 6.45) is 2.24. The second-order valence-corrected chi connectivity index (χ2v) is 6.55. The molecule has 15 heavy (non-hydrogen) atoms. The van der Waals surface area contributed by atoms with E-state index in [2.05, 4.69) is 15.9 Å². The van der Waals surface area contributed by atoms with Gasteiger partial charge < -0.3 is 5.11 Å². The number of aliphatic carboxylic acids is 1. The average Bonchev–Trinajstić information content (AvgIpc) is 2.51. The zero-order valence-electron chi connectivity index (χ0n) is 8.92. The first-order valence-corrected chi connectivity index (χ1v) is 6.56.